The molecule has 2 fully saturated rings. The zero-order valence-corrected chi connectivity index (χ0v) is 11.2. The predicted octanol–water partition coefficient (Wildman–Crippen LogP) is -0.388. The first kappa shape index (κ1) is 13.3. The van der Waals surface area contributed by atoms with Gasteiger partial charge in [0.2, 0.25) is 0 Å². The molecule has 0 unspecified atom stereocenters. The molecule has 0 saturated carbocycles. The first-order valence-electron chi connectivity index (χ1n) is 6.58. The maximum absolute atomic E-state index is 12.0. The second-order valence-corrected chi connectivity index (χ2v) is 5.46. The maximum Gasteiger partial charge on any atom is 0.325 e. The van der Waals surface area contributed by atoms with E-state index in [9.17, 15) is 9.59 Å². The number of imide groups is 1. The minimum Gasteiger partial charge on any atom is -0.324 e. The Morgan fingerprint density at radius 2 is 1.94 bits per heavy atom. The summed E-state index contributed by atoms with van der Waals surface area (Å²) >= 11 is 0. The highest BCUT2D eigenvalue weighted by Gasteiger charge is 2.43. The van der Waals surface area contributed by atoms with E-state index in [1.807, 2.05) is 0 Å². The van der Waals surface area contributed by atoms with Crippen LogP contribution in [0.15, 0.2) is 0 Å². The maximum atomic E-state index is 12.0. The molecule has 3 amide bonds. The van der Waals surface area contributed by atoms with E-state index < -0.39 is 5.54 Å². The molecule has 2 N–H and O–H groups in total. The lowest BCUT2D eigenvalue weighted by atomic mass is 10.1. The molecule has 0 atom stereocenters. The molecule has 6 heteroatoms. The van der Waals surface area contributed by atoms with Crippen molar-refractivity contribution in [1.29, 1.82) is 0 Å². The summed E-state index contributed by atoms with van der Waals surface area (Å²) in [7, 11) is 0. The average Bonchev–Trinajstić information content (AvgIpc) is 2.53. The smallest absolute Gasteiger partial charge is 0.324 e. The van der Waals surface area contributed by atoms with E-state index in [2.05, 4.69) is 15.5 Å². The van der Waals surface area contributed by atoms with Crippen LogP contribution in [-0.2, 0) is 4.79 Å². The van der Waals surface area contributed by atoms with Crippen LogP contribution in [0.25, 0.3) is 0 Å². The van der Waals surface area contributed by atoms with E-state index in [1.54, 1.807) is 13.8 Å². The third-order valence-electron chi connectivity index (χ3n) is 3.52. The molecule has 0 aromatic rings. The third kappa shape index (κ3) is 2.81. The Morgan fingerprint density at radius 3 is 2.61 bits per heavy atom. The lowest BCUT2D eigenvalue weighted by Crippen LogP contribution is -2.42. The van der Waals surface area contributed by atoms with Crippen LogP contribution in [0.4, 0.5) is 4.79 Å². The summed E-state index contributed by atoms with van der Waals surface area (Å²) < 4.78 is 0. The number of rotatable bonds is 3. The summed E-state index contributed by atoms with van der Waals surface area (Å²) in [6.45, 7) is 8.75. The SMILES string of the molecule is CC1(C)NC(=O)N(CCN2CCCNCC2)C1=O. The molecule has 18 heavy (non-hydrogen) atoms. The second-order valence-electron chi connectivity index (χ2n) is 5.46. The fourth-order valence-electron chi connectivity index (χ4n) is 2.39. The molecular formula is C12H22N4O2. The Labute approximate surface area is 108 Å². The van der Waals surface area contributed by atoms with Gasteiger partial charge in [-0.2, -0.15) is 0 Å². The lowest BCUT2D eigenvalue weighted by molar-refractivity contribution is -0.130. The Hall–Kier alpha value is -1.14. The minimum atomic E-state index is -0.753. The summed E-state index contributed by atoms with van der Waals surface area (Å²) in [4.78, 5) is 27.3. The highest BCUT2D eigenvalue weighted by Crippen LogP contribution is 2.16. The van der Waals surface area contributed by atoms with Gasteiger partial charge in [-0.15, -0.1) is 0 Å². The van der Waals surface area contributed by atoms with Gasteiger partial charge in [-0.05, 0) is 33.4 Å². The second kappa shape index (κ2) is 5.24. The zero-order valence-electron chi connectivity index (χ0n) is 11.2. The molecule has 2 heterocycles. The van der Waals surface area contributed by atoms with Crippen molar-refractivity contribution in [2.75, 3.05) is 39.3 Å². The van der Waals surface area contributed by atoms with Crippen molar-refractivity contribution < 1.29 is 9.59 Å². The Morgan fingerprint density at radius 1 is 1.17 bits per heavy atom. The van der Waals surface area contributed by atoms with E-state index in [1.165, 1.54) is 4.90 Å². The molecule has 2 aliphatic rings. The number of carbonyl (C=O) groups excluding carboxylic acids is 2. The molecule has 0 bridgehead atoms. The number of nitrogens with one attached hydrogen (secondary N) is 2. The van der Waals surface area contributed by atoms with Crippen molar-refractivity contribution >= 4 is 11.9 Å². The number of hydrogen-bond acceptors (Lipinski definition) is 4. The van der Waals surface area contributed by atoms with E-state index in [0.717, 1.165) is 39.1 Å². The largest absolute Gasteiger partial charge is 0.325 e. The van der Waals surface area contributed by atoms with Crippen molar-refractivity contribution in [3.63, 3.8) is 0 Å². The van der Waals surface area contributed by atoms with Crippen LogP contribution >= 0.6 is 0 Å². The number of nitrogens with zero attached hydrogens (tertiary/aromatic N) is 2. The van der Waals surface area contributed by atoms with Crippen LogP contribution in [0.1, 0.15) is 20.3 Å². The molecule has 0 aromatic heterocycles. The van der Waals surface area contributed by atoms with Gasteiger partial charge in [0.15, 0.2) is 0 Å². The van der Waals surface area contributed by atoms with Gasteiger partial charge in [0, 0.05) is 26.2 Å². The quantitative estimate of drug-likeness (QED) is 0.673. The van der Waals surface area contributed by atoms with Crippen LogP contribution in [-0.4, -0.2) is 66.5 Å². The van der Waals surface area contributed by atoms with Crippen LogP contribution in [0.3, 0.4) is 0 Å². The van der Waals surface area contributed by atoms with Gasteiger partial charge in [0.25, 0.3) is 5.91 Å². The van der Waals surface area contributed by atoms with Crippen LogP contribution in [0, 0.1) is 0 Å². The minimum absolute atomic E-state index is 0.125. The van der Waals surface area contributed by atoms with Gasteiger partial charge in [0.05, 0.1) is 0 Å². The Bertz CT molecular complexity index is 335. The summed E-state index contributed by atoms with van der Waals surface area (Å²) in [6.07, 6.45) is 1.12. The van der Waals surface area contributed by atoms with Crippen molar-refractivity contribution in [2.24, 2.45) is 0 Å². The standard InChI is InChI=1S/C12H22N4O2/c1-12(2)10(17)16(11(18)14-12)9-8-15-6-3-4-13-5-7-15/h13H,3-9H2,1-2H3,(H,14,18). The van der Waals surface area contributed by atoms with Crippen molar-refractivity contribution in [3.05, 3.63) is 0 Å². The topological polar surface area (TPSA) is 64.7 Å². The number of urea groups is 1. The highest BCUT2D eigenvalue weighted by atomic mass is 16.2. The number of hydrogen-bond donors (Lipinski definition) is 2. The summed E-state index contributed by atoms with van der Waals surface area (Å²) in [6, 6.07) is -0.266. The molecule has 0 radical (unpaired) electrons. The van der Waals surface area contributed by atoms with Gasteiger partial charge in [0.1, 0.15) is 5.54 Å². The van der Waals surface area contributed by atoms with Crippen molar-refractivity contribution in [2.45, 2.75) is 25.8 Å². The molecule has 0 aromatic carbocycles. The van der Waals surface area contributed by atoms with E-state index >= 15 is 0 Å². The average molecular weight is 254 g/mol. The summed E-state index contributed by atoms with van der Waals surface area (Å²) in [5.74, 6) is -0.125. The van der Waals surface area contributed by atoms with Crippen LogP contribution in [0.2, 0.25) is 0 Å². The molecule has 0 spiro atoms. The Balaban J connectivity index is 1.86. The molecule has 2 saturated heterocycles. The fourth-order valence-corrected chi connectivity index (χ4v) is 2.39. The van der Waals surface area contributed by atoms with Crippen LogP contribution in [0.5, 0.6) is 0 Å². The van der Waals surface area contributed by atoms with Gasteiger partial charge < -0.3 is 15.5 Å². The van der Waals surface area contributed by atoms with Crippen LogP contribution < -0.4 is 10.6 Å². The number of amides is 3. The number of carbonyl (C=O) groups is 2. The first-order chi connectivity index (χ1) is 8.50. The summed E-state index contributed by atoms with van der Waals surface area (Å²) in [5.41, 5.74) is -0.753. The molecule has 0 aliphatic carbocycles. The fraction of sp³-hybridized carbons (Fsp3) is 0.833. The first-order valence-corrected chi connectivity index (χ1v) is 6.58. The van der Waals surface area contributed by atoms with Gasteiger partial charge in [-0.1, -0.05) is 0 Å². The Kier molecular flexibility index (Phi) is 3.87. The molecule has 2 aliphatic heterocycles. The van der Waals surface area contributed by atoms with Gasteiger partial charge in [-0.25, -0.2) is 4.79 Å². The van der Waals surface area contributed by atoms with Crippen molar-refractivity contribution in [1.82, 2.24) is 20.4 Å². The van der Waals surface area contributed by atoms with E-state index in [4.69, 9.17) is 0 Å². The summed E-state index contributed by atoms with van der Waals surface area (Å²) in [5, 5.41) is 6.03. The lowest BCUT2D eigenvalue weighted by Gasteiger charge is -2.22. The van der Waals surface area contributed by atoms with Gasteiger partial charge in [-0.3, -0.25) is 9.69 Å². The van der Waals surface area contributed by atoms with E-state index in [-0.39, 0.29) is 11.9 Å². The normalized spacial score (nSPS) is 25.1. The molecule has 102 valence electrons. The third-order valence-corrected chi connectivity index (χ3v) is 3.52. The van der Waals surface area contributed by atoms with E-state index in [0.29, 0.717) is 6.54 Å². The van der Waals surface area contributed by atoms with Gasteiger partial charge >= 0.3 is 6.03 Å². The molecule has 2 rings (SSSR count). The zero-order chi connectivity index (χ0) is 13.2. The molecule has 6 nitrogen and oxygen atoms in total. The predicted molar refractivity (Wildman–Crippen MR) is 68.3 cm³/mol. The monoisotopic (exact) mass is 254 g/mol. The van der Waals surface area contributed by atoms with Crippen molar-refractivity contribution in [3.8, 4) is 0 Å². The molecular weight excluding hydrogens is 232 g/mol. The highest BCUT2D eigenvalue weighted by molar-refractivity contribution is 6.06.